The van der Waals surface area contributed by atoms with Gasteiger partial charge < -0.3 is 0 Å². The molecule has 0 nitrogen and oxygen atoms in total. The van der Waals surface area contributed by atoms with Gasteiger partial charge in [-0.05, 0) is 0 Å². The van der Waals surface area contributed by atoms with Gasteiger partial charge in [-0.1, -0.05) is 0 Å². The van der Waals surface area contributed by atoms with Gasteiger partial charge >= 0.3 is 17.1 Å². The van der Waals surface area contributed by atoms with Gasteiger partial charge in [-0.3, -0.25) is 0 Å². The summed E-state index contributed by atoms with van der Waals surface area (Å²) >= 11 is 0. The molecule has 0 radical (unpaired) electrons. The largest absolute Gasteiger partial charge is 1.00 e. The zero-order valence-electron chi connectivity index (χ0n) is 4.09. The second-order valence-corrected chi connectivity index (χ2v) is 1.28. The topological polar surface area (TPSA) is 0 Å². The van der Waals surface area contributed by atoms with Gasteiger partial charge in [-0.15, -0.1) is 13.8 Å². The summed E-state index contributed by atoms with van der Waals surface area (Å²) in [6.07, 6.45) is 1.83. The first-order valence-corrected chi connectivity index (χ1v) is 1.70. The molecule has 6 heavy (non-hydrogen) atoms. The third kappa shape index (κ3) is 8.92. The number of rotatable bonds is 1. The first-order chi connectivity index (χ1) is 2.27. The van der Waals surface area contributed by atoms with Crippen molar-refractivity contribution >= 4 is 0 Å². The van der Waals surface area contributed by atoms with Crippen molar-refractivity contribution in [2.45, 2.75) is 13.8 Å². The Kier molecular flexibility index (Phi) is 8.09. The Labute approximate surface area is 50.1 Å². The van der Waals surface area contributed by atoms with Crippen LogP contribution in [0.1, 0.15) is 13.8 Å². The summed E-state index contributed by atoms with van der Waals surface area (Å²) in [4.78, 5) is 0. The Balaban J connectivity index is 0. The van der Waals surface area contributed by atoms with Crippen molar-refractivity contribution in [2.75, 3.05) is 0 Å². The maximum atomic E-state index is 3.52. The van der Waals surface area contributed by atoms with E-state index in [1.807, 2.05) is 19.9 Å². The molecular weight excluding hydrogens is 124 g/mol. The molecule has 1 heteroatoms. The van der Waals surface area contributed by atoms with Crippen LogP contribution in [0.2, 0.25) is 0 Å². The van der Waals surface area contributed by atoms with Gasteiger partial charge in [0.15, 0.2) is 0 Å². The van der Waals surface area contributed by atoms with Crippen LogP contribution in [0.15, 0.2) is 12.7 Å². The summed E-state index contributed by atoms with van der Waals surface area (Å²) in [6, 6.07) is 0. The van der Waals surface area contributed by atoms with Gasteiger partial charge in [0.1, 0.15) is 0 Å². The summed E-state index contributed by atoms with van der Waals surface area (Å²) in [6.45, 7) is 7.56. The smallest absolute Gasteiger partial charge is 0.245 e. The summed E-state index contributed by atoms with van der Waals surface area (Å²) in [5.41, 5.74) is 0. The SMILES string of the molecule is C=C[C-](C)C.[Cu+]. The summed E-state index contributed by atoms with van der Waals surface area (Å²) in [5.74, 6) is 1.27. The van der Waals surface area contributed by atoms with Crippen LogP contribution in [0.4, 0.5) is 0 Å². The Bertz CT molecular complexity index is 30.9. The summed E-state index contributed by atoms with van der Waals surface area (Å²) in [5, 5.41) is 0. The number of allylic oxidation sites excluding steroid dienone is 1. The van der Waals surface area contributed by atoms with E-state index >= 15 is 0 Å². The van der Waals surface area contributed by atoms with Crippen molar-refractivity contribution in [2.24, 2.45) is 0 Å². The van der Waals surface area contributed by atoms with Crippen LogP contribution in [0.3, 0.4) is 0 Å². The summed E-state index contributed by atoms with van der Waals surface area (Å²) < 4.78 is 0. The minimum atomic E-state index is 0. The molecule has 0 fully saturated rings. The fourth-order valence-corrected chi connectivity index (χ4v) is 0. The van der Waals surface area contributed by atoms with E-state index in [2.05, 4.69) is 6.58 Å². The average Bonchev–Trinajstić information content (AvgIpc) is 1.38. The van der Waals surface area contributed by atoms with E-state index in [4.69, 9.17) is 0 Å². The monoisotopic (exact) mass is 132 g/mol. The Morgan fingerprint density at radius 1 is 1.50 bits per heavy atom. The van der Waals surface area contributed by atoms with E-state index in [1.54, 1.807) is 0 Å². The molecule has 0 spiro atoms. The molecule has 0 atom stereocenters. The predicted molar refractivity (Wildman–Crippen MR) is 24.8 cm³/mol. The third-order valence-electron chi connectivity index (χ3n) is 0.408. The maximum absolute atomic E-state index is 3.52. The van der Waals surface area contributed by atoms with Crippen LogP contribution in [0.25, 0.3) is 0 Å². The van der Waals surface area contributed by atoms with Crippen molar-refractivity contribution in [3.8, 4) is 0 Å². The Hall–Kier alpha value is 0.129. The van der Waals surface area contributed by atoms with Crippen LogP contribution in [-0.4, -0.2) is 0 Å². The van der Waals surface area contributed by atoms with Gasteiger partial charge in [0.2, 0.25) is 0 Å². The molecule has 0 aromatic rings. The van der Waals surface area contributed by atoms with Crippen molar-refractivity contribution in [1.29, 1.82) is 0 Å². The zero-order valence-corrected chi connectivity index (χ0v) is 5.03. The minimum absolute atomic E-state index is 0. The normalized spacial score (nSPS) is 5.67. The number of hydrogen-bond acceptors (Lipinski definition) is 0. The first kappa shape index (κ1) is 9.46. The first-order valence-electron chi connectivity index (χ1n) is 1.70. The molecule has 0 rings (SSSR count). The van der Waals surface area contributed by atoms with Gasteiger partial charge in [-0.2, -0.15) is 0 Å². The van der Waals surface area contributed by atoms with Crippen LogP contribution < -0.4 is 0 Å². The van der Waals surface area contributed by atoms with Crippen molar-refractivity contribution < 1.29 is 17.1 Å². The van der Waals surface area contributed by atoms with E-state index in [0.29, 0.717) is 0 Å². The molecule has 0 saturated carbocycles. The molecule has 0 bridgehead atoms. The number of hydrogen-bond donors (Lipinski definition) is 0. The van der Waals surface area contributed by atoms with Crippen LogP contribution in [0, 0.1) is 5.92 Å². The van der Waals surface area contributed by atoms with E-state index in [9.17, 15) is 0 Å². The second kappa shape index (κ2) is 5.13. The molecule has 0 saturated heterocycles. The Morgan fingerprint density at radius 3 is 1.67 bits per heavy atom. The molecule has 40 valence electrons. The molecule has 0 aliphatic carbocycles. The van der Waals surface area contributed by atoms with E-state index in [0.717, 1.165) is 0 Å². The molecular formula is C5H9Cu. The van der Waals surface area contributed by atoms with Crippen LogP contribution in [-0.2, 0) is 17.1 Å². The van der Waals surface area contributed by atoms with Gasteiger partial charge in [0, 0.05) is 0 Å². The summed E-state index contributed by atoms with van der Waals surface area (Å²) in [7, 11) is 0. The molecule has 0 aliphatic heterocycles. The van der Waals surface area contributed by atoms with Crippen molar-refractivity contribution in [3.05, 3.63) is 18.6 Å². The van der Waals surface area contributed by atoms with E-state index in [1.165, 1.54) is 5.92 Å². The molecule has 0 unspecified atom stereocenters. The average molecular weight is 133 g/mol. The standard InChI is InChI=1S/C5H9.Cu/c1-4-5(2)3;/h4H,1H2,2-3H3;/q-1;+1. The molecule has 0 aliphatic rings. The fourth-order valence-electron chi connectivity index (χ4n) is 0. The van der Waals surface area contributed by atoms with Crippen LogP contribution >= 0.6 is 0 Å². The fraction of sp³-hybridized carbons (Fsp3) is 0.400. The van der Waals surface area contributed by atoms with Crippen molar-refractivity contribution in [1.82, 2.24) is 0 Å². The predicted octanol–water partition coefficient (Wildman–Crippen LogP) is 1.78. The molecule has 0 amide bonds. The molecule has 0 aromatic carbocycles. The quantitative estimate of drug-likeness (QED) is 0.377. The van der Waals surface area contributed by atoms with Gasteiger partial charge in [-0.25, -0.2) is 18.6 Å². The Morgan fingerprint density at radius 2 is 1.67 bits per heavy atom. The van der Waals surface area contributed by atoms with Gasteiger partial charge in [0.05, 0.1) is 0 Å². The minimum Gasteiger partial charge on any atom is -0.245 e. The molecule has 0 heterocycles. The third-order valence-corrected chi connectivity index (χ3v) is 0.408. The second-order valence-electron chi connectivity index (χ2n) is 1.28. The maximum Gasteiger partial charge on any atom is 1.00 e. The van der Waals surface area contributed by atoms with Crippen LogP contribution in [0.5, 0.6) is 0 Å². The molecule has 0 aromatic heterocycles. The zero-order chi connectivity index (χ0) is 4.28. The molecule has 0 N–H and O–H groups in total. The van der Waals surface area contributed by atoms with E-state index in [-0.39, 0.29) is 17.1 Å². The van der Waals surface area contributed by atoms with Gasteiger partial charge in [0.25, 0.3) is 0 Å². The van der Waals surface area contributed by atoms with E-state index < -0.39 is 0 Å². The van der Waals surface area contributed by atoms with Crippen molar-refractivity contribution in [3.63, 3.8) is 0 Å².